The summed E-state index contributed by atoms with van der Waals surface area (Å²) in [5.74, 6) is 0.838. The van der Waals surface area contributed by atoms with Gasteiger partial charge < -0.3 is 5.11 Å². The summed E-state index contributed by atoms with van der Waals surface area (Å²) < 4.78 is 0. The second-order valence-corrected chi connectivity index (χ2v) is 6.01. The number of phenols is 1. The van der Waals surface area contributed by atoms with Crippen molar-refractivity contribution in [1.82, 2.24) is 0 Å². The summed E-state index contributed by atoms with van der Waals surface area (Å²) in [6.45, 7) is 8.56. The highest BCUT2D eigenvalue weighted by Gasteiger charge is 2.19. The molecule has 0 radical (unpaired) electrons. The Bertz CT molecular complexity index is 630. The van der Waals surface area contributed by atoms with Crippen LogP contribution >= 0.6 is 0 Å². The Labute approximate surface area is 127 Å². The molecule has 0 saturated carbocycles. The van der Waals surface area contributed by atoms with Gasteiger partial charge in [-0.05, 0) is 35.1 Å². The zero-order chi connectivity index (χ0) is 15.6. The van der Waals surface area contributed by atoms with Crippen LogP contribution in [-0.2, 0) is 0 Å². The van der Waals surface area contributed by atoms with E-state index in [0.29, 0.717) is 23.1 Å². The average molecular weight is 281 g/mol. The predicted molar refractivity (Wildman–Crippen MR) is 88.7 cm³/mol. The van der Waals surface area contributed by atoms with Crippen molar-refractivity contribution < 1.29 is 5.11 Å². The van der Waals surface area contributed by atoms with E-state index in [2.05, 4.69) is 45.9 Å². The smallest absolute Gasteiger partial charge is 0.124 e. The molecule has 2 nitrogen and oxygen atoms in total. The van der Waals surface area contributed by atoms with E-state index < -0.39 is 0 Å². The number of benzene rings is 2. The Kier molecular flexibility index (Phi) is 4.46. The van der Waals surface area contributed by atoms with E-state index in [1.165, 1.54) is 0 Å². The van der Waals surface area contributed by atoms with Crippen LogP contribution in [0.5, 0.6) is 5.75 Å². The fourth-order valence-electron chi connectivity index (χ4n) is 2.66. The van der Waals surface area contributed by atoms with Gasteiger partial charge in [0.15, 0.2) is 0 Å². The molecule has 2 aromatic rings. The third kappa shape index (κ3) is 2.99. The largest absolute Gasteiger partial charge is 0.507 e. The zero-order valence-corrected chi connectivity index (χ0v) is 13.1. The molecule has 2 heteroatoms. The van der Waals surface area contributed by atoms with Gasteiger partial charge in [0.2, 0.25) is 0 Å². The number of para-hydroxylation sites is 1. The van der Waals surface area contributed by atoms with E-state index in [9.17, 15) is 5.11 Å². The van der Waals surface area contributed by atoms with Crippen LogP contribution in [0.4, 0.5) is 0 Å². The van der Waals surface area contributed by atoms with Gasteiger partial charge in [0.05, 0.1) is 5.71 Å². The molecule has 0 aliphatic heterocycles. The number of rotatable bonds is 4. The van der Waals surface area contributed by atoms with Crippen molar-refractivity contribution in [1.29, 1.82) is 5.41 Å². The highest BCUT2D eigenvalue weighted by atomic mass is 16.3. The third-order valence-corrected chi connectivity index (χ3v) is 3.80. The summed E-state index contributed by atoms with van der Waals surface area (Å²) in [5, 5.41) is 18.7. The normalized spacial score (nSPS) is 11.1. The van der Waals surface area contributed by atoms with Crippen molar-refractivity contribution in [3.05, 3.63) is 64.7 Å². The molecular formula is C19H23NO. The molecule has 0 bridgehead atoms. The molecule has 0 heterocycles. The number of aromatic hydroxyl groups is 1. The topological polar surface area (TPSA) is 44.1 Å². The van der Waals surface area contributed by atoms with Crippen molar-refractivity contribution in [3.8, 4) is 5.75 Å². The maximum Gasteiger partial charge on any atom is 0.124 e. The summed E-state index contributed by atoms with van der Waals surface area (Å²) >= 11 is 0. The van der Waals surface area contributed by atoms with E-state index in [1.54, 1.807) is 18.2 Å². The van der Waals surface area contributed by atoms with Crippen LogP contribution in [0.1, 0.15) is 61.8 Å². The molecule has 2 aromatic carbocycles. The highest BCUT2D eigenvalue weighted by molar-refractivity contribution is 6.14. The number of nitrogens with one attached hydrogen (secondary N) is 1. The standard InChI is InChI=1S/C19H23NO/c1-12(2)14-9-7-10-15(13(3)4)18(14)19(20)16-8-5-6-11-17(16)21/h5-13,20-21H,1-4H3. The molecule has 110 valence electrons. The molecule has 0 amide bonds. The minimum Gasteiger partial charge on any atom is -0.507 e. The first-order valence-corrected chi connectivity index (χ1v) is 7.43. The maximum absolute atomic E-state index is 10.1. The van der Waals surface area contributed by atoms with Crippen LogP contribution in [0.15, 0.2) is 42.5 Å². The zero-order valence-electron chi connectivity index (χ0n) is 13.1. The second-order valence-electron chi connectivity index (χ2n) is 6.01. The summed E-state index contributed by atoms with van der Waals surface area (Å²) in [6.07, 6.45) is 0. The Morgan fingerprint density at radius 2 is 1.38 bits per heavy atom. The Balaban J connectivity index is 2.67. The summed E-state index contributed by atoms with van der Waals surface area (Å²) in [4.78, 5) is 0. The van der Waals surface area contributed by atoms with Crippen molar-refractivity contribution in [2.45, 2.75) is 39.5 Å². The molecule has 0 atom stereocenters. The van der Waals surface area contributed by atoms with Crippen LogP contribution in [0.2, 0.25) is 0 Å². The lowest BCUT2D eigenvalue weighted by Crippen LogP contribution is -2.11. The molecule has 0 saturated heterocycles. The molecule has 0 unspecified atom stereocenters. The lowest BCUT2D eigenvalue weighted by atomic mass is 9.84. The molecule has 0 fully saturated rings. The molecule has 2 rings (SSSR count). The first kappa shape index (κ1) is 15.3. The van der Waals surface area contributed by atoms with Crippen LogP contribution < -0.4 is 0 Å². The molecule has 0 aliphatic carbocycles. The Morgan fingerprint density at radius 3 is 1.86 bits per heavy atom. The number of phenolic OH excluding ortho intramolecular Hbond substituents is 1. The van der Waals surface area contributed by atoms with Crippen molar-refractivity contribution in [2.24, 2.45) is 0 Å². The Hall–Kier alpha value is -2.09. The van der Waals surface area contributed by atoms with Gasteiger partial charge in [-0.3, -0.25) is 5.41 Å². The number of hydrogen-bond donors (Lipinski definition) is 2. The van der Waals surface area contributed by atoms with Gasteiger partial charge >= 0.3 is 0 Å². The maximum atomic E-state index is 10.1. The van der Waals surface area contributed by atoms with Crippen LogP contribution in [0.25, 0.3) is 0 Å². The van der Waals surface area contributed by atoms with E-state index in [1.807, 2.05) is 6.07 Å². The quantitative estimate of drug-likeness (QED) is 0.756. The monoisotopic (exact) mass is 281 g/mol. The minimum absolute atomic E-state index is 0.163. The lowest BCUT2D eigenvalue weighted by Gasteiger charge is -2.20. The summed E-state index contributed by atoms with van der Waals surface area (Å²) in [6, 6.07) is 13.3. The molecule has 2 N–H and O–H groups in total. The molecule has 0 aliphatic rings. The van der Waals surface area contributed by atoms with E-state index in [0.717, 1.165) is 16.7 Å². The van der Waals surface area contributed by atoms with Crippen LogP contribution in [-0.4, -0.2) is 10.8 Å². The molecule has 0 aromatic heterocycles. The van der Waals surface area contributed by atoms with Crippen LogP contribution in [0, 0.1) is 5.41 Å². The van der Waals surface area contributed by atoms with Gasteiger partial charge in [-0.15, -0.1) is 0 Å². The summed E-state index contributed by atoms with van der Waals surface area (Å²) in [7, 11) is 0. The van der Waals surface area contributed by atoms with Crippen molar-refractivity contribution in [3.63, 3.8) is 0 Å². The van der Waals surface area contributed by atoms with Gasteiger partial charge in [-0.25, -0.2) is 0 Å². The van der Waals surface area contributed by atoms with E-state index in [4.69, 9.17) is 5.41 Å². The lowest BCUT2D eigenvalue weighted by molar-refractivity contribution is 0.474. The third-order valence-electron chi connectivity index (χ3n) is 3.80. The van der Waals surface area contributed by atoms with Gasteiger partial charge in [0, 0.05) is 11.1 Å². The average Bonchev–Trinajstić information content (AvgIpc) is 2.46. The van der Waals surface area contributed by atoms with E-state index in [-0.39, 0.29) is 5.75 Å². The first-order valence-electron chi connectivity index (χ1n) is 7.43. The predicted octanol–water partition coefficient (Wildman–Crippen LogP) is 5.06. The minimum atomic E-state index is 0.163. The second kappa shape index (κ2) is 6.13. The molecule has 21 heavy (non-hydrogen) atoms. The van der Waals surface area contributed by atoms with Crippen molar-refractivity contribution >= 4 is 5.71 Å². The fraction of sp³-hybridized carbons (Fsp3) is 0.316. The van der Waals surface area contributed by atoms with Gasteiger partial charge in [-0.2, -0.15) is 0 Å². The molecular weight excluding hydrogens is 258 g/mol. The Morgan fingerprint density at radius 1 is 0.857 bits per heavy atom. The van der Waals surface area contributed by atoms with Gasteiger partial charge in [0.25, 0.3) is 0 Å². The molecule has 0 spiro atoms. The SMILES string of the molecule is CC(C)c1cccc(C(C)C)c1C(=N)c1ccccc1O. The van der Waals surface area contributed by atoms with Crippen molar-refractivity contribution in [2.75, 3.05) is 0 Å². The van der Waals surface area contributed by atoms with Gasteiger partial charge in [-0.1, -0.05) is 58.0 Å². The fourth-order valence-corrected chi connectivity index (χ4v) is 2.66. The van der Waals surface area contributed by atoms with Gasteiger partial charge in [0.1, 0.15) is 5.75 Å². The van der Waals surface area contributed by atoms with E-state index >= 15 is 0 Å². The summed E-state index contributed by atoms with van der Waals surface area (Å²) in [5.41, 5.74) is 4.28. The highest BCUT2D eigenvalue weighted by Crippen LogP contribution is 2.31. The first-order chi connectivity index (χ1) is 9.93. The van der Waals surface area contributed by atoms with Crippen LogP contribution in [0.3, 0.4) is 0 Å². The number of hydrogen-bond acceptors (Lipinski definition) is 2.